The van der Waals surface area contributed by atoms with Gasteiger partial charge in [0.25, 0.3) is 0 Å². The van der Waals surface area contributed by atoms with Crippen molar-refractivity contribution in [2.75, 3.05) is 19.6 Å². The van der Waals surface area contributed by atoms with E-state index in [0.29, 0.717) is 22.2 Å². The van der Waals surface area contributed by atoms with Gasteiger partial charge in [0.05, 0.1) is 12.7 Å². The van der Waals surface area contributed by atoms with Crippen molar-refractivity contribution >= 4 is 28.8 Å². The van der Waals surface area contributed by atoms with E-state index in [9.17, 15) is 4.79 Å². The molecule has 1 aliphatic rings. The first-order chi connectivity index (χ1) is 16.1. The van der Waals surface area contributed by atoms with Crippen LogP contribution in [0.2, 0.25) is 10.0 Å². The number of aromatic nitrogens is 4. The van der Waals surface area contributed by atoms with Crippen LogP contribution in [-0.2, 0) is 6.54 Å². The van der Waals surface area contributed by atoms with E-state index in [1.165, 1.54) is 34.9 Å². The van der Waals surface area contributed by atoms with Gasteiger partial charge in [-0.15, -0.1) is 5.10 Å². The predicted octanol–water partition coefficient (Wildman–Crippen LogP) is 5.41. The Morgan fingerprint density at radius 2 is 1.39 bits per heavy atom. The Bertz CT molecular complexity index is 1300. The lowest BCUT2D eigenvalue weighted by atomic mass is 9.97. The van der Waals surface area contributed by atoms with E-state index in [1.807, 2.05) is 48.5 Å². The standard InChI is InChI=1S/C25H25Cl2N5O/c26-20-9-5-18(6-10-20)22-17-28-32-24(23(22)19-7-11-21(27)12-8-19)29-31(25(32)33)16-15-30-13-3-1-2-4-14-30/h5-12,17H,1-4,13-16H2. The fraction of sp³-hybridized carbons (Fsp3) is 0.320. The van der Waals surface area contributed by atoms with Crippen LogP contribution in [0.1, 0.15) is 25.7 Å². The van der Waals surface area contributed by atoms with E-state index in [4.69, 9.17) is 28.3 Å². The van der Waals surface area contributed by atoms with Gasteiger partial charge in [-0.2, -0.15) is 9.61 Å². The van der Waals surface area contributed by atoms with E-state index < -0.39 is 0 Å². The molecule has 0 atom stereocenters. The Morgan fingerprint density at radius 1 is 0.788 bits per heavy atom. The fourth-order valence-electron chi connectivity index (χ4n) is 4.45. The first-order valence-corrected chi connectivity index (χ1v) is 12.1. The number of rotatable bonds is 5. The maximum atomic E-state index is 13.1. The summed E-state index contributed by atoms with van der Waals surface area (Å²) in [5.74, 6) is 0. The highest BCUT2D eigenvalue weighted by Gasteiger charge is 2.19. The average Bonchev–Trinajstić information content (AvgIpc) is 2.99. The molecule has 6 nitrogen and oxygen atoms in total. The van der Waals surface area contributed by atoms with E-state index in [-0.39, 0.29) is 5.69 Å². The smallest absolute Gasteiger partial charge is 0.301 e. The maximum absolute atomic E-state index is 13.1. The minimum absolute atomic E-state index is 0.224. The molecule has 1 saturated heterocycles. The van der Waals surface area contributed by atoms with E-state index in [2.05, 4.69) is 10.00 Å². The van der Waals surface area contributed by atoms with E-state index in [1.54, 1.807) is 6.20 Å². The zero-order valence-corrected chi connectivity index (χ0v) is 19.8. The Kier molecular flexibility index (Phi) is 6.49. The summed E-state index contributed by atoms with van der Waals surface area (Å²) < 4.78 is 2.93. The third-order valence-corrected chi connectivity index (χ3v) is 6.73. The zero-order valence-electron chi connectivity index (χ0n) is 18.3. The Morgan fingerprint density at radius 3 is 2.03 bits per heavy atom. The number of hydrogen-bond acceptors (Lipinski definition) is 4. The zero-order chi connectivity index (χ0) is 22.8. The quantitative estimate of drug-likeness (QED) is 0.382. The molecule has 0 N–H and O–H groups in total. The summed E-state index contributed by atoms with van der Waals surface area (Å²) >= 11 is 12.2. The molecule has 0 amide bonds. The van der Waals surface area contributed by atoms with Gasteiger partial charge in [0.1, 0.15) is 0 Å². The fourth-order valence-corrected chi connectivity index (χ4v) is 4.70. The molecular formula is C25H25Cl2N5O. The molecule has 170 valence electrons. The normalized spacial score (nSPS) is 15.1. The highest BCUT2D eigenvalue weighted by atomic mass is 35.5. The van der Waals surface area contributed by atoms with Crippen molar-refractivity contribution in [1.82, 2.24) is 24.3 Å². The number of halogens is 2. The number of nitrogens with zero attached hydrogens (tertiary/aromatic N) is 5. The molecule has 3 heterocycles. The van der Waals surface area contributed by atoms with Gasteiger partial charge in [0, 0.05) is 27.7 Å². The van der Waals surface area contributed by atoms with Gasteiger partial charge < -0.3 is 4.90 Å². The largest absolute Gasteiger partial charge is 0.367 e. The first kappa shape index (κ1) is 22.1. The van der Waals surface area contributed by atoms with Crippen molar-refractivity contribution in [3.8, 4) is 22.3 Å². The molecule has 5 rings (SSSR count). The molecular weight excluding hydrogens is 457 g/mol. The monoisotopic (exact) mass is 481 g/mol. The van der Waals surface area contributed by atoms with Crippen LogP contribution in [0.15, 0.2) is 59.5 Å². The molecule has 1 aliphatic heterocycles. The summed E-state index contributed by atoms with van der Waals surface area (Å²) in [5.41, 5.74) is 3.90. The molecule has 2 aromatic heterocycles. The lowest BCUT2D eigenvalue weighted by Crippen LogP contribution is -2.32. The third kappa shape index (κ3) is 4.69. The van der Waals surface area contributed by atoms with Crippen LogP contribution < -0.4 is 5.69 Å². The highest BCUT2D eigenvalue weighted by Crippen LogP contribution is 2.34. The lowest BCUT2D eigenvalue weighted by Gasteiger charge is -2.18. The van der Waals surface area contributed by atoms with Gasteiger partial charge in [-0.3, -0.25) is 0 Å². The second-order valence-corrected chi connectivity index (χ2v) is 9.32. The van der Waals surface area contributed by atoms with Gasteiger partial charge in [-0.1, -0.05) is 60.3 Å². The van der Waals surface area contributed by atoms with Crippen molar-refractivity contribution < 1.29 is 0 Å². The molecule has 4 aromatic rings. The summed E-state index contributed by atoms with van der Waals surface area (Å²) in [5, 5.41) is 10.5. The molecule has 8 heteroatoms. The molecule has 0 radical (unpaired) electrons. The summed E-state index contributed by atoms with van der Waals surface area (Å²) in [7, 11) is 0. The van der Waals surface area contributed by atoms with E-state index in [0.717, 1.165) is 41.9 Å². The Hall–Kier alpha value is -2.67. The van der Waals surface area contributed by atoms with Crippen LogP contribution in [0.3, 0.4) is 0 Å². The minimum atomic E-state index is -0.224. The van der Waals surface area contributed by atoms with Gasteiger partial charge in [0.2, 0.25) is 0 Å². The molecule has 0 bridgehead atoms. The summed E-state index contributed by atoms with van der Waals surface area (Å²) in [4.78, 5) is 15.6. The van der Waals surface area contributed by atoms with Crippen LogP contribution in [-0.4, -0.2) is 43.9 Å². The average molecular weight is 482 g/mol. The van der Waals surface area contributed by atoms with Crippen molar-refractivity contribution in [2.24, 2.45) is 0 Å². The second-order valence-electron chi connectivity index (χ2n) is 8.44. The number of benzene rings is 2. The maximum Gasteiger partial charge on any atom is 0.367 e. The number of fused-ring (bicyclic) bond motifs is 1. The van der Waals surface area contributed by atoms with E-state index >= 15 is 0 Å². The third-order valence-electron chi connectivity index (χ3n) is 6.23. The van der Waals surface area contributed by atoms with Gasteiger partial charge in [-0.05, 0) is 61.3 Å². The number of likely N-dealkylation sites (tertiary alicyclic amines) is 1. The van der Waals surface area contributed by atoms with Crippen LogP contribution >= 0.6 is 23.2 Å². The lowest BCUT2D eigenvalue weighted by molar-refractivity contribution is 0.267. The molecule has 2 aromatic carbocycles. The molecule has 0 spiro atoms. The highest BCUT2D eigenvalue weighted by molar-refractivity contribution is 6.31. The SMILES string of the molecule is O=c1n(CCN2CCCCCC2)nc2c(-c3ccc(Cl)cc3)c(-c3ccc(Cl)cc3)cnn12. The minimum Gasteiger partial charge on any atom is -0.301 e. The van der Waals surface area contributed by atoms with Gasteiger partial charge in [0.15, 0.2) is 5.65 Å². The van der Waals surface area contributed by atoms with Gasteiger partial charge >= 0.3 is 5.69 Å². The predicted molar refractivity (Wildman–Crippen MR) is 133 cm³/mol. The molecule has 1 fully saturated rings. The van der Waals surface area contributed by atoms with Crippen LogP contribution in [0, 0.1) is 0 Å². The number of hydrogen-bond donors (Lipinski definition) is 0. The summed E-state index contributed by atoms with van der Waals surface area (Å²) in [6, 6.07) is 15.2. The van der Waals surface area contributed by atoms with Crippen molar-refractivity contribution in [2.45, 2.75) is 32.2 Å². The molecule has 0 aliphatic carbocycles. The van der Waals surface area contributed by atoms with Crippen molar-refractivity contribution in [1.29, 1.82) is 0 Å². The summed E-state index contributed by atoms with van der Waals surface area (Å²) in [6.07, 6.45) is 6.72. The first-order valence-electron chi connectivity index (χ1n) is 11.3. The van der Waals surface area contributed by atoms with Crippen molar-refractivity contribution in [3.05, 3.63) is 75.3 Å². The van der Waals surface area contributed by atoms with Crippen molar-refractivity contribution in [3.63, 3.8) is 0 Å². The molecule has 0 saturated carbocycles. The molecule has 33 heavy (non-hydrogen) atoms. The topological polar surface area (TPSA) is 55.4 Å². The second kappa shape index (κ2) is 9.67. The summed E-state index contributed by atoms with van der Waals surface area (Å²) in [6.45, 7) is 3.51. The van der Waals surface area contributed by atoms with Gasteiger partial charge in [-0.25, -0.2) is 9.48 Å². The van der Waals surface area contributed by atoms with Crippen LogP contribution in [0.5, 0.6) is 0 Å². The molecule has 0 unspecified atom stereocenters. The van der Waals surface area contributed by atoms with Crippen LogP contribution in [0.4, 0.5) is 0 Å². The Balaban J connectivity index is 1.59. The van der Waals surface area contributed by atoms with Crippen LogP contribution in [0.25, 0.3) is 27.9 Å². The Labute approximate surface area is 202 Å².